The Kier molecular flexibility index (Phi) is 6.04. The van der Waals surface area contributed by atoms with Crippen LogP contribution in [-0.2, 0) is 14.6 Å². The molecule has 0 aromatic carbocycles. The summed E-state index contributed by atoms with van der Waals surface area (Å²) in [5.41, 5.74) is -0.454. The Labute approximate surface area is 110 Å². The third-order valence-electron chi connectivity index (χ3n) is 2.20. The van der Waals surface area contributed by atoms with Crippen LogP contribution in [0.25, 0.3) is 0 Å². The van der Waals surface area contributed by atoms with Crippen molar-refractivity contribution < 1.29 is 19.7 Å². The average Bonchev–Trinajstić information content (AvgIpc) is 2.12. The summed E-state index contributed by atoms with van der Waals surface area (Å²) in [6.07, 6.45) is 2.43. The van der Waals surface area contributed by atoms with E-state index in [9.17, 15) is 4.79 Å². The van der Waals surface area contributed by atoms with Crippen LogP contribution in [0.3, 0.4) is 0 Å². The molecule has 0 aromatic rings. The molecule has 0 fully saturated rings. The molecule has 0 saturated heterocycles. The molecule has 4 nitrogen and oxygen atoms in total. The van der Waals surface area contributed by atoms with Gasteiger partial charge in [0, 0.05) is 5.57 Å². The molecule has 1 unspecified atom stereocenters. The van der Waals surface area contributed by atoms with Crippen LogP contribution in [0.1, 0.15) is 54.9 Å². The fourth-order valence-electron chi connectivity index (χ4n) is 1.60. The van der Waals surface area contributed by atoms with Crippen molar-refractivity contribution in [1.82, 2.24) is 0 Å². The summed E-state index contributed by atoms with van der Waals surface area (Å²) in [5, 5.41) is 8.82. The molecule has 0 amide bonds. The van der Waals surface area contributed by atoms with E-state index in [1.54, 1.807) is 13.0 Å². The highest BCUT2D eigenvalue weighted by molar-refractivity contribution is 5.85. The highest BCUT2D eigenvalue weighted by Gasteiger charge is 2.25. The third kappa shape index (κ3) is 8.25. The van der Waals surface area contributed by atoms with Gasteiger partial charge in [0.05, 0.1) is 11.2 Å². The van der Waals surface area contributed by atoms with Gasteiger partial charge in [0.25, 0.3) is 0 Å². The van der Waals surface area contributed by atoms with Gasteiger partial charge in [-0.3, -0.25) is 0 Å². The van der Waals surface area contributed by atoms with Crippen molar-refractivity contribution in [2.24, 2.45) is 5.92 Å². The smallest absolute Gasteiger partial charge is 0.330 e. The molecule has 0 aromatic heterocycles. The maximum atomic E-state index is 10.7. The summed E-state index contributed by atoms with van der Waals surface area (Å²) >= 11 is 0. The van der Waals surface area contributed by atoms with Gasteiger partial charge in [0.2, 0.25) is 0 Å². The van der Waals surface area contributed by atoms with Gasteiger partial charge in [-0.2, -0.15) is 0 Å². The highest BCUT2D eigenvalue weighted by atomic mass is 17.2. The van der Waals surface area contributed by atoms with Crippen LogP contribution in [0.5, 0.6) is 0 Å². The minimum Gasteiger partial charge on any atom is -0.478 e. The van der Waals surface area contributed by atoms with Crippen molar-refractivity contribution in [3.63, 3.8) is 0 Å². The van der Waals surface area contributed by atoms with E-state index in [0.717, 1.165) is 0 Å². The molecule has 0 aliphatic heterocycles. The second-order valence-electron chi connectivity index (χ2n) is 6.37. The van der Waals surface area contributed by atoms with Crippen molar-refractivity contribution >= 4 is 5.97 Å². The summed E-state index contributed by atoms with van der Waals surface area (Å²) in [5.74, 6) is -0.772. The van der Waals surface area contributed by atoms with Gasteiger partial charge in [-0.1, -0.05) is 13.0 Å². The summed E-state index contributed by atoms with van der Waals surface area (Å²) in [6.45, 7) is 13.2. The van der Waals surface area contributed by atoms with Crippen LogP contribution >= 0.6 is 0 Å². The largest absolute Gasteiger partial charge is 0.478 e. The number of allylic oxidation sites excluding steroid dienone is 1. The molecule has 0 radical (unpaired) electrons. The van der Waals surface area contributed by atoms with Crippen molar-refractivity contribution in [2.75, 3.05) is 0 Å². The van der Waals surface area contributed by atoms with Crippen LogP contribution in [0.4, 0.5) is 0 Å². The van der Waals surface area contributed by atoms with Gasteiger partial charge < -0.3 is 5.11 Å². The zero-order valence-corrected chi connectivity index (χ0v) is 12.5. The van der Waals surface area contributed by atoms with E-state index in [-0.39, 0.29) is 11.5 Å². The standard InChI is InChI=1S/C14H26O4/c1-10(8-11(2)12(15)16)9-14(6,7)18-17-13(3,4)5/h8,10H,9H2,1-7H3,(H,15,16). The number of hydrogen-bond acceptors (Lipinski definition) is 3. The lowest BCUT2D eigenvalue weighted by Gasteiger charge is -2.30. The van der Waals surface area contributed by atoms with Gasteiger partial charge >= 0.3 is 5.97 Å². The molecular formula is C14H26O4. The molecule has 1 N–H and O–H groups in total. The number of carboxylic acid groups (broad SMARTS) is 1. The normalized spacial score (nSPS) is 15.6. The second-order valence-corrected chi connectivity index (χ2v) is 6.37. The van der Waals surface area contributed by atoms with Crippen molar-refractivity contribution in [3.05, 3.63) is 11.6 Å². The van der Waals surface area contributed by atoms with E-state index in [1.165, 1.54) is 0 Å². The van der Waals surface area contributed by atoms with Crippen LogP contribution < -0.4 is 0 Å². The van der Waals surface area contributed by atoms with E-state index in [0.29, 0.717) is 12.0 Å². The first kappa shape index (κ1) is 17.1. The molecular weight excluding hydrogens is 232 g/mol. The predicted octanol–water partition coefficient (Wildman–Crippen LogP) is 3.57. The minimum atomic E-state index is -0.883. The van der Waals surface area contributed by atoms with E-state index in [1.807, 2.05) is 41.5 Å². The Morgan fingerprint density at radius 1 is 1.22 bits per heavy atom. The van der Waals surface area contributed by atoms with Gasteiger partial charge in [0.1, 0.15) is 0 Å². The zero-order chi connectivity index (χ0) is 14.6. The van der Waals surface area contributed by atoms with Crippen molar-refractivity contribution in [1.29, 1.82) is 0 Å². The predicted molar refractivity (Wildman–Crippen MR) is 71.2 cm³/mol. The molecule has 0 rings (SSSR count). The molecule has 18 heavy (non-hydrogen) atoms. The fraction of sp³-hybridized carbons (Fsp3) is 0.786. The number of carbonyl (C=O) groups is 1. The summed E-state index contributed by atoms with van der Waals surface area (Å²) in [7, 11) is 0. The lowest BCUT2D eigenvalue weighted by atomic mass is 9.93. The van der Waals surface area contributed by atoms with Crippen LogP contribution in [0, 0.1) is 5.92 Å². The van der Waals surface area contributed by atoms with Gasteiger partial charge in [-0.15, -0.1) is 0 Å². The maximum Gasteiger partial charge on any atom is 0.330 e. The van der Waals surface area contributed by atoms with Crippen molar-refractivity contribution in [2.45, 2.75) is 66.1 Å². The number of rotatable bonds is 6. The molecule has 0 heterocycles. The molecule has 0 bridgehead atoms. The number of carboxylic acids is 1. The Bertz CT molecular complexity index is 310. The fourth-order valence-corrected chi connectivity index (χ4v) is 1.60. The van der Waals surface area contributed by atoms with Gasteiger partial charge in [0.15, 0.2) is 0 Å². The number of aliphatic carboxylic acids is 1. The van der Waals surface area contributed by atoms with Gasteiger partial charge in [-0.25, -0.2) is 14.6 Å². The topological polar surface area (TPSA) is 55.8 Å². The molecule has 0 aliphatic carbocycles. The lowest BCUT2D eigenvalue weighted by Crippen LogP contribution is -2.32. The molecule has 106 valence electrons. The molecule has 4 heteroatoms. The van der Waals surface area contributed by atoms with Crippen LogP contribution in [0.2, 0.25) is 0 Å². The summed E-state index contributed by atoms with van der Waals surface area (Å²) < 4.78 is 0. The zero-order valence-electron chi connectivity index (χ0n) is 12.5. The monoisotopic (exact) mass is 258 g/mol. The third-order valence-corrected chi connectivity index (χ3v) is 2.20. The van der Waals surface area contributed by atoms with E-state index < -0.39 is 11.6 Å². The maximum absolute atomic E-state index is 10.7. The molecule has 0 aliphatic rings. The first-order chi connectivity index (χ1) is 7.93. The first-order valence-electron chi connectivity index (χ1n) is 6.21. The molecule has 0 saturated carbocycles. The minimum absolute atomic E-state index is 0.111. The van der Waals surface area contributed by atoms with Crippen LogP contribution in [0.15, 0.2) is 11.6 Å². The SMILES string of the molecule is CC(=CC(C)CC(C)(C)OOC(C)(C)C)C(=O)O. The average molecular weight is 258 g/mol. The van der Waals surface area contributed by atoms with Crippen LogP contribution in [-0.4, -0.2) is 22.3 Å². The Morgan fingerprint density at radius 2 is 1.72 bits per heavy atom. The second kappa shape index (κ2) is 6.34. The molecule has 1 atom stereocenters. The van der Waals surface area contributed by atoms with E-state index >= 15 is 0 Å². The first-order valence-corrected chi connectivity index (χ1v) is 6.21. The van der Waals surface area contributed by atoms with E-state index in [4.69, 9.17) is 14.9 Å². The Hall–Kier alpha value is -0.870. The quantitative estimate of drug-likeness (QED) is 0.449. The van der Waals surface area contributed by atoms with E-state index in [2.05, 4.69) is 0 Å². The summed E-state index contributed by atoms with van der Waals surface area (Å²) in [4.78, 5) is 21.5. The number of hydrogen-bond donors (Lipinski definition) is 1. The Morgan fingerprint density at radius 3 is 2.11 bits per heavy atom. The lowest BCUT2D eigenvalue weighted by molar-refractivity contribution is -0.398. The molecule has 0 spiro atoms. The Balaban J connectivity index is 4.40. The summed E-state index contributed by atoms with van der Waals surface area (Å²) in [6, 6.07) is 0. The van der Waals surface area contributed by atoms with Gasteiger partial charge in [-0.05, 0) is 53.9 Å². The highest BCUT2D eigenvalue weighted by Crippen LogP contribution is 2.24. The van der Waals surface area contributed by atoms with Crippen molar-refractivity contribution in [3.8, 4) is 0 Å².